The van der Waals surface area contributed by atoms with Gasteiger partial charge in [0.15, 0.2) is 0 Å². The molecule has 0 bridgehead atoms. The van der Waals surface area contributed by atoms with Gasteiger partial charge < -0.3 is 14.8 Å². The van der Waals surface area contributed by atoms with Crippen molar-refractivity contribution >= 4 is 29.9 Å². The topological polar surface area (TPSA) is 74.7 Å². The smallest absolute Gasteiger partial charge is 0.326 e. The molecule has 0 radical (unpaired) electrons. The number of rotatable bonds is 7. The lowest BCUT2D eigenvalue weighted by atomic mass is 10.3. The van der Waals surface area contributed by atoms with Gasteiger partial charge in [0.1, 0.15) is 12.3 Å². The van der Waals surface area contributed by atoms with E-state index in [4.69, 9.17) is 5.11 Å². The highest BCUT2D eigenvalue weighted by molar-refractivity contribution is 7.99. The van der Waals surface area contributed by atoms with Gasteiger partial charge in [0.05, 0.1) is 0 Å². The van der Waals surface area contributed by atoms with Crippen LogP contribution in [0, 0.1) is 0 Å². The molecule has 1 amide bonds. The second kappa shape index (κ2) is 7.28. The third kappa shape index (κ3) is 5.41. The molecule has 0 aliphatic rings. The van der Waals surface area contributed by atoms with E-state index in [-0.39, 0.29) is 12.3 Å². The number of thioether (sulfide) groups is 1. The number of nitrogens with zero attached hydrogens (tertiary/aromatic N) is 1. The van der Waals surface area contributed by atoms with Gasteiger partial charge in [-0.2, -0.15) is 11.8 Å². The number of aldehydes is 1. The van der Waals surface area contributed by atoms with Crippen molar-refractivity contribution in [1.82, 2.24) is 4.90 Å². The summed E-state index contributed by atoms with van der Waals surface area (Å²) in [6.07, 6.45) is 1.03. The van der Waals surface area contributed by atoms with Crippen LogP contribution in [0.15, 0.2) is 0 Å². The normalized spacial score (nSPS) is 11.9. The van der Waals surface area contributed by atoms with Crippen LogP contribution in [-0.4, -0.2) is 52.8 Å². The predicted molar refractivity (Wildman–Crippen MR) is 57.9 cm³/mol. The molecule has 0 fully saturated rings. The Kier molecular flexibility index (Phi) is 6.77. The quantitative estimate of drug-likeness (QED) is 0.503. The van der Waals surface area contributed by atoms with Crippen LogP contribution in [0.5, 0.6) is 0 Å². The molecule has 5 nitrogen and oxygen atoms in total. The molecule has 0 aliphatic heterocycles. The van der Waals surface area contributed by atoms with Gasteiger partial charge in [0, 0.05) is 25.0 Å². The monoisotopic (exact) mass is 233 g/mol. The van der Waals surface area contributed by atoms with E-state index >= 15 is 0 Å². The SMILES string of the molecule is CC(C(=O)O)N(C)C(=O)CCSCC=O. The van der Waals surface area contributed by atoms with Crippen molar-refractivity contribution in [1.29, 1.82) is 0 Å². The number of carboxylic acids is 1. The highest BCUT2D eigenvalue weighted by Crippen LogP contribution is 2.04. The molecule has 0 aromatic heterocycles. The van der Waals surface area contributed by atoms with Crippen molar-refractivity contribution in [3.8, 4) is 0 Å². The van der Waals surface area contributed by atoms with Gasteiger partial charge in [0.2, 0.25) is 5.91 Å². The van der Waals surface area contributed by atoms with E-state index in [1.807, 2.05) is 0 Å². The summed E-state index contributed by atoms with van der Waals surface area (Å²) < 4.78 is 0. The number of amides is 1. The van der Waals surface area contributed by atoms with E-state index in [9.17, 15) is 14.4 Å². The Balaban J connectivity index is 3.88. The van der Waals surface area contributed by atoms with Crippen LogP contribution in [0.25, 0.3) is 0 Å². The standard InChI is InChI=1S/C9H15NO4S/c1-7(9(13)14)10(2)8(12)3-5-15-6-4-11/h4,7H,3,5-6H2,1-2H3,(H,13,14). The average molecular weight is 233 g/mol. The number of carbonyl (C=O) groups excluding carboxylic acids is 2. The number of hydrogen-bond donors (Lipinski definition) is 1. The molecule has 0 rings (SSSR count). The maximum absolute atomic E-state index is 11.4. The Morgan fingerprint density at radius 1 is 1.53 bits per heavy atom. The van der Waals surface area contributed by atoms with Gasteiger partial charge in [-0.05, 0) is 6.92 Å². The molecule has 0 aliphatic carbocycles. The average Bonchev–Trinajstić information content (AvgIpc) is 2.21. The molecule has 1 atom stereocenters. The second-order valence-corrected chi connectivity index (χ2v) is 4.16. The third-order valence-corrected chi connectivity index (χ3v) is 2.84. The Morgan fingerprint density at radius 3 is 2.60 bits per heavy atom. The van der Waals surface area contributed by atoms with Gasteiger partial charge >= 0.3 is 5.97 Å². The molecule has 15 heavy (non-hydrogen) atoms. The lowest BCUT2D eigenvalue weighted by Crippen LogP contribution is -2.40. The molecule has 0 aromatic carbocycles. The molecule has 1 N–H and O–H groups in total. The van der Waals surface area contributed by atoms with Crippen LogP contribution in [-0.2, 0) is 14.4 Å². The van der Waals surface area contributed by atoms with Gasteiger partial charge in [-0.3, -0.25) is 4.79 Å². The molecular formula is C9H15NO4S. The van der Waals surface area contributed by atoms with Crippen molar-refractivity contribution in [2.24, 2.45) is 0 Å². The van der Waals surface area contributed by atoms with Crippen molar-refractivity contribution < 1.29 is 19.5 Å². The Hall–Kier alpha value is -1.04. The largest absolute Gasteiger partial charge is 0.480 e. The maximum atomic E-state index is 11.4. The zero-order chi connectivity index (χ0) is 11.8. The number of hydrogen-bond acceptors (Lipinski definition) is 4. The lowest BCUT2D eigenvalue weighted by Gasteiger charge is -2.21. The maximum Gasteiger partial charge on any atom is 0.326 e. The van der Waals surface area contributed by atoms with E-state index in [0.29, 0.717) is 11.5 Å². The summed E-state index contributed by atoms with van der Waals surface area (Å²) in [5, 5.41) is 8.67. The second-order valence-electron chi connectivity index (χ2n) is 3.01. The van der Waals surface area contributed by atoms with Gasteiger partial charge in [-0.15, -0.1) is 0 Å². The van der Waals surface area contributed by atoms with E-state index < -0.39 is 12.0 Å². The number of likely N-dealkylation sites (N-methyl/N-ethyl adjacent to an activating group) is 1. The molecule has 0 aromatic rings. The van der Waals surface area contributed by atoms with Crippen molar-refractivity contribution in [2.45, 2.75) is 19.4 Å². The zero-order valence-electron chi connectivity index (χ0n) is 8.80. The summed E-state index contributed by atoms with van der Waals surface area (Å²) in [5.41, 5.74) is 0. The molecule has 0 spiro atoms. The van der Waals surface area contributed by atoms with E-state index in [0.717, 1.165) is 6.29 Å². The molecule has 0 saturated carbocycles. The fourth-order valence-corrected chi connectivity index (χ4v) is 1.43. The first-order valence-corrected chi connectivity index (χ1v) is 5.66. The Morgan fingerprint density at radius 2 is 2.13 bits per heavy atom. The predicted octanol–water partition coefficient (Wildman–Crippen LogP) is 0.240. The minimum Gasteiger partial charge on any atom is -0.480 e. The minimum atomic E-state index is -1.02. The lowest BCUT2D eigenvalue weighted by molar-refractivity contribution is -0.148. The van der Waals surface area contributed by atoms with Crippen molar-refractivity contribution in [3.63, 3.8) is 0 Å². The molecule has 0 saturated heterocycles. The van der Waals surface area contributed by atoms with E-state index in [1.54, 1.807) is 0 Å². The molecule has 86 valence electrons. The third-order valence-electron chi connectivity index (χ3n) is 1.98. The van der Waals surface area contributed by atoms with Crippen LogP contribution in [0.1, 0.15) is 13.3 Å². The fraction of sp³-hybridized carbons (Fsp3) is 0.667. The van der Waals surface area contributed by atoms with Crippen LogP contribution in [0.2, 0.25) is 0 Å². The van der Waals surface area contributed by atoms with Crippen molar-refractivity contribution in [3.05, 3.63) is 0 Å². The van der Waals surface area contributed by atoms with E-state index in [2.05, 4.69) is 0 Å². The van der Waals surface area contributed by atoms with Gasteiger partial charge in [-0.25, -0.2) is 4.79 Å². The van der Waals surface area contributed by atoms with E-state index in [1.165, 1.54) is 30.6 Å². The first-order valence-electron chi connectivity index (χ1n) is 4.50. The summed E-state index contributed by atoms with van der Waals surface area (Å²) in [4.78, 5) is 33.2. The summed E-state index contributed by atoms with van der Waals surface area (Å²) in [6, 6.07) is -0.812. The van der Waals surface area contributed by atoms with Crippen LogP contribution >= 0.6 is 11.8 Å². The number of aliphatic carboxylic acids is 1. The number of carbonyl (C=O) groups is 3. The summed E-state index contributed by atoms with van der Waals surface area (Å²) >= 11 is 1.36. The Labute approximate surface area is 92.8 Å². The molecule has 6 heteroatoms. The van der Waals surface area contributed by atoms with Crippen LogP contribution in [0.4, 0.5) is 0 Å². The minimum absolute atomic E-state index is 0.219. The summed E-state index contributed by atoms with van der Waals surface area (Å²) in [5.74, 6) is -0.339. The van der Waals surface area contributed by atoms with Crippen molar-refractivity contribution in [2.75, 3.05) is 18.6 Å². The zero-order valence-corrected chi connectivity index (χ0v) is 9.62. The number of carboxylic acid groups (broad SMARTS) is 1. The fourth-order valence-electron chi connectivity index (χ4n) is 0.849. The van der Waals surface area contributed by atoms with Gasteiger partial charge in [0.25, 0.3) is 0 Å². The first kappa shape index (κ1) is 14.0. The van der Waals surface area contributed by atoms with Gasteiger partial charge in [-0.1, -0.05) is 0 Å². The Bertz CT molecular complexity index is 244. The molecular weight excluding hydrogens is 218 g/mol. The highest BCUT2D eigenvalue weighted by atomic mass is 32.2. The molecule has 0 heterocycles. The highest BCUT2D eigenvalue weighted by Gasteiger charge is 2.20. The first-order chi connectivity index (χ1) is 7.00. The van der Waals surface area contributed by atoms with Crippen LogP contribution < -0.4 is 0 Å². The van der Waals surface area contributed by atoms with Crippen LogP contribution in [0.3, 0.4) is 0 Å². The molecule has 1 unspecified atom stereocenters. The summed E-state index contributed by atoms with van der Waals surface area (Å²) in [7, 11) is 1.46. The summed E-state index contributed by atoms with van der Waals surface area (Å²) in [6.45, 7) is 1.46.